The summed E-state index contributed by atoms with van der Waals surface area (Å²) in [5.41, 5.74) is 10.9. The highest BCUT2D eigenvalue weighted by Crippen LogP contribution is 2.46. The molecule has 0 radical (unpaired) electrons. The highest BCUT2D eigenvalue weighted by atomic mass is 19.1. The van der Waals surface area contributed by atoms with Gasteiger partial charge in [0.15, 0.2) is 17.5 Å². The van der Waals surface area contributed by atoms with Gasteiger partial charge in [0.2, 0.25) is 0 Å². The van der Waals surface area contributed by atoms with E-state index in [0.717, 1.165) is 66.8 Å². The summed E-state index contributed by atoms with van der Waals surface area (Å²) in [4.78, 5) is 15.4. The van der Waals surface area contributed by atoms with Crippen LogP contribution in [0.25, 0.3) is 78.7 Å². The van der Waals surface area contributed by atoms with Crippen LogP contribution in [-0.2, 0) is 5.60 Å². The second-order valence-electron chi connectivity index (χ2n) is 13.8. The molecule has 7 aromatic carbocycles. The van der Waals surface area contributed by atoms with Crippen molar-refractivity contribution in [3.63, 3.8) is 0 Å². The first-order valence-electron chi connectivity index (χ1n) is 17.7. The average Bonchev–Trinajstić information content (AvgIpc) is 3.21. The van der Waals surface area contributed by atoms with Crippen molar-refractivity contribution >= 4 is 0 Å². The number of ether oxygens (including phenoxy) is 1. The summed E-state index contributed by atoms with van der Waals surface area (Å²) in [5.74, 6) is 1.99. The van der Waals surface area contributed by atoms with Crippen LogP contribution in [0.15, 0.2) is 170 Å². The van der Waals surface area contributed by atoms with Crippen molar-refractivity contribution in [2.75, 3.05) is 0 Å². The van der Waals surface area contributed by atoms with E-state index in [4.69, 9.17) is 19.7 Å². The van der Waals surface area contributed by atoms with E-state index in [0.29, 0.717) is 23.2 Å². The Labute approximate surface area is 308 Å². The van der Waals surface area contributed by atoms with Crippen molar-refractivity contribution in [2.45, 2.75) is 19.4 Å². The van der Waals surface area contributed by atoms with Gasteiger partial charge in [0.1, 0.15) is 17.2 Å². The van der Waals surface area contributed by atoms with Gasteiger partial charge in [-0.3, -0.25) is 0 Å². The molecule has 4 nitrogen and oxygen atoms in total. The van der Waals surface area contributed by atoms with Gasteiger partial charge in [0.25, 0.3) is 0 Å². The fraction of sp³-hybridized carbons (Fsp3) is 0.0625. The fourth-order valence-electron chi connectivity index (χ4n) is 7.15. The Bertz CT molecular complexity index is 2560. The molecular weight excluding hydrogens is 654 g/mol. The van der Waals surface area contributed by atoms with Crippen LogP contribution in [0.3, 0.4) is 0 Å². The van der Waals surface area contributed by atoms with E-state index in [1.807, 2.05) is 105 Å². The number of halogens is 1. The van der Waals surface area contributed by atoms with Crippen LogP contribution in [-0.4, -0.2) is 15.0 Å². The van der Waals surface area contributed by atoms with Crippen LogP contribution in [0.1, 0.15) is 19.4 Å². The molecule has 1 aliphatic heterocycles. The van der Waals surface area contributed by atoms with Gasteiger partial charge in [-0.1, -0.05) is 115 Å². The molecule has 53 heavy (non-hydrogen) atoms. The van der Waals surface area contributed by atoms with Gasteiger partial charge in [0, 0.05) is 27.8 Å². The number of aromatic nitrogens is 3. The molecule has 5 heteroatoms. The van der Waals surface area contributed by atoms with Gasteiger partial charge in [-0.2, -0.15) is 0 Å². The van der Waals surface area contributed by atoms with Crippen molar-refractivity contribution in [3.05, 3.63) is 181 Å². The second-order valence-corrected chi connectivity index (χ2v) is 13.8. The van der Waals surface area contributed by atoms with E-state index in [1.165, 1.54) is 6.07 Å². The summed E-state index contributed by atoms with van der Waals surface area (Å²) in [5, 5.41) is 0. The largest absolute Gasteiger partial charge is 0.482 e. The Kier molecular flexibility index (Phi) is 7.97. The summed E-state index contributed by atoms with van der Waals surface area (Å²) in [7, 11) is 0. The van der Waals surface area contributed by atoms with E-state index < -0.39 is 5.60 Å². The molecule has 1 aliphatic rings. The van der Waals surface area contributed by atoms with Gasteiger partial charge in [-0.25, -0.2) is 19.3 Å². The molecule has 9 rings (SSSR count). The lowest BCUT2D eigenvalue weighted by Crippen LogP contribution is -2.29. The predicted octanol–water partition coefficient (Wildman–Crippen LogP) is 12.3. The summed E-state index contributed by atoms with van der Waals surface area (Å²) in [6, 6.07) is 56.6. The molecule has 0 atom stereocenters. The maximum Gasteiger partial charge on any atom is 0.164 e. The molecule has 0 fully saturated rings. The van der Waals surface area contributed by atoms with E-state index in [-0.39, 0.29) is 5.82 Å². The third-order valence-electron chi connectivity index (χ3n) is 9.79. The fourth-order valence-corrected chi connectivity index (χ4v) is 7.15. The highest BCUT2D eigenvalue weighted by Gasteiger charge is 2.33. The zero-order valence-electron chi connectivity index (χ0n) is 29.3. The summed E-state index contributed by atoms with van der Waals surface area (Å²) in [6.45, 7) is 4.00. The molecular formula is C48H34FN3O. The Morgan fingerprint density at radius 1 is 0.396 bits per heavy atom. The van der Waals surface area contributed by atoms with E-state index in [1.54, 1.807) is 6.07 Å². The minimum Gasteiger partial charge on any atom is -0.482 e. The van der Waals surface area contributed by atoms with Crippen molar-refractivity contribution in [3.8, 4) is 84.4 Å². The number of rotatable bonds is 6. The van der Waals surface area contributed by atoms with Gasteiger partial charge < -0.3 is 4.74 Å². The molecule has 0 amide bonds. The Hall–Kier alpha value is -6.72. The zero-order chi connectivity index (χ0) is 35.9. The number of hydrogen-bond acceptors (Lipinski definition) is 4. The first-order valence-corrected chi connectivity index (χ1v) is 17.7. The Balaban J connectivity index is 1.26. The van der Waals surface area contributed by atoms with Crippen molar-refractivity contribution < 1.29 is 9.13 Å². The Morgan fingerprint density at radius 2 is 0.868 bits per heavy atom. The normalized spacial score (nSPS) is 12.7. The lowest BCUT2D eigenvalue weighted by molar-refractivity contribution is 0.105. The van der Waals surface area contributed by atoms with Gasteiger partial charge in [0.05, 0.1) is 0 Å². The van der Waals surface area contributed by atoms with Gasteiger partial charge in [-0.15, -0.1) is 0 Å². The van der Waals surface area contributed by atoms with Crippen molar-refractivity contribution in [2.24, 2.45) is 0 Å². The molecule has 254 valence electrons. The zero-order valence-corrected chi connectivity index (χ0v) is 29.3. The quantitative estimate of drug-likeness (QED) is 0.175. The molecule has 0 unspecified atom stereocenters. The summed E-state index contributed by atoms with van der Waals surface area (Å²) in [6.07, 6.45) is 0. The van der Waals surface area contributed by atoms with Crippen LogP contribution in [0.2, 0.25) is 0 Å². The minimum atomic E-state index is -0.616. The third kappa shape index (κ3) is 6.27. The Morgan fingerprint density at radius 3 is 1.47 bits per heavy atom. The third-order valence-corrected chi connectivity index (χ3v) is 9.79. The maximum atomic E-state index is 14.7. The van der Waals surface area contributed by atoms with Gasteiger partial charge in [-0.05, 0) is 107 Å². The molecule has 0 saturated heterocycles. The second kappa shape index (κ2) is 13.1. The molecule has 1 aromatic heterocycles. The molecule has 0 saturated carbocycles. The first-order chi connectivity index (χ1) is 25.9. The standard InChI is InChI=1S/C48H34FN3O/c1-48(2)43-23-22-40(49)30-41(43)42-29-36(21-24-44(42)53-48)46-50-45(35-20-12-19-34(25-35)31-13-6-3-7-14-31)51-47(52-46)39-27-37(32-15-8-4-9-16-32)26-38(28-39)33-17-10-5-11-18-33/h3-30H,1-2H3. The minimum absolute atomic E-state index is 0.298. The SMILES string of the molecule is CC1(C)Oc2ccc(-c3nc(-c4cccc(-c5ccccc5)c4)nc(-c4cc(-c5ccccc5)cc(-c5ccccc5)c4)n3)cc2-c2cc(F)ccc21. The maximum absolute atomic E-state index is 14.7. The monoisotopic (exact) mass is 687 g/mol. The topological polar surface area (TPSA) is 47.9 Å². The van der Waals surface area contributed by atoms with E-state index in [2.05, 4.69) is 66.7 Å². The van der Waals surface area contributed by atoms with Crippen molar-refractivity contribution in [1.82, 2.24) is 15.0 Å². The lowest BCUT2D eigenvalue weighted by atomic mass is 9.85. The molecule has 0 spiro atoms. The van der Waals surface area contributed by atoms with Crippen LogP contribution < -0.4 is 4.74 Å². The van der Waals surface area contributed by atoms with Crippen LogP contribution >= 0.6 is 0 Å². The molecule has 0 aliphatic carbocycles. The number of fused-ring (bicyclic) bond motifs is 3. The lowest BCUT2D eigenvalue weighted by Gasteiger charge is -2.35. The van der Waals surface area contributed by atoms with E-state index in [9.17, 15) is 4.39 Å². The highest BCUT2D eigenvalue weighted by molar-refractivity contribution is 5.83. The van der Waals surface area contributed by atoms with E-state index >= 15 is 0 Å². The van der Waals surface area contributed by atoms with Gasteiger partial charge >= 0.3 is 0 Å². The summed E-state index contributed by atoms with van der Waals surface area (Å²) >= 11 is 0. The average molecular weight is 688 g/mol. The summed E-state index contributed by atoms with van der Waals surface area (Å²) < 4.78 is 21.2. The molecule has 8 aromatic rings. The smallest absolute Gasteiger partial charge is 0.164 e. The van der Waals surface area contributed by atoms with Crippen LogP contribution in [0, 0.1) is 5.82 Å². The first kappa shape index (κ1) is 32.2. The molecule has 2 heterocycles. The number of nitrogens with zero attached hydrogens (tertiary/aromatic N) is 3. The van der Waals surface area contributed by atoms with Crippen molar-refractivity contribution in [1.29, 1.82) is 0 Å². The van der Waals surface area contributed by atoms with Crippen LogP contribution in [0.4, 0.5) is 4.39 Å². The molecule has 0 bridgehead atoms. The number of hydrogen-bond donors (Lipinski definition) is 0. The molecule has 0 N–H and O–H groups in total. The predicted molar refractivity (Wildman–Crippen MR) is 211 cm³/mol. The van der Waals surface area contributed by atoms with Crippen LogP contribution in [0.5, 0.6) is 5.75 Å². The number of benzene rings is 7.